The Kier molecular flexibility index (Phi) is 3.51. The zero-order valence-electron chi connectivity index (χ0n) is 9.05. The van der Waals surface area contributed by atoms with E-state index in [0.717, 1.165) is 10.4 Å². The van der Waals surface area contributed by atoms with E-state index in [9.17, 15) is 8.42 Å². The van der Waals surface area contributed by atoms with Crippen LogP contribution in [0.15, 0.2) is 35.4 Å². The summed E-state index contributed by atoms with van der Waals surface area (Å²) in [5.74, 6) is 0. The van der Waals surface area contributed by atoms with Crippen LogP contribution in [0.1, 0.15) is 10.4 Å². The van der Waals surface area contributed by atoms with Crippen molar-refractivity contribution in [3.05, 3.63) is 45.4 Å². The minimum Gasteiger partial charge on any atom is -0.233 e. The molecule has 0 radical (unpaired) electrons. The van der Waals surface area contributed by atoms with Crippen LogP contribution in [-0.4, -0.2) is 19.7 Å². The molecule has 6 heteroatoms. The molecule has 3 nitrogen and oxygen atoms in total. The number of hydrogen-bond donors (Lipinski definition) is 0. The second kappa shape index (κ2) is 4.76. The molecule has 0 bridgehead atoms. The van der Waals surface area contributed by atoms with Gasteiger partial charge < -0.3 is 0 Å². The van der Waals surface area contributed by atoms with Crippen molar-refractivity contribution >= 4 is 32.8 Å². The Morgan fingerprint density at radius 1 is 1.29 bits per heavy atom. The second-order valence-electron chi connectivity index (χ2n) is 3.67. The summed E-state index contributed by atoms with van der Waals surface area (Å²) in [7, 11) is -3.12. The predicted octanol–water partition coefficient (Wildman–Crippen LogP) is 2.79. The van der Waals surface area contributed by atoms with Gasteiger partial charge >= 0.3 is 0 Å². The van der Waals surface area contributed by atoms with E-state index in [1.807, 2.05) is 12.1 Å². The monoisotopic (exact) mass is 287 g/mol. The first-order valence-corrected chi connectivity index (χ1v) is 7.93. The van der Waals surface area contributed by atoms with Gasteiger partial charge in [-0.1, -0.05) is 23.7 Å². The van der Waals surface area contributed by atoms with E-state index >= 15 is 0 Å². The first-order chi connectivity index (χ1) is 7.95. The molecule has 0 aliphatic rings. The molecule has 2 aromatic rings. The average Bonchev–Trinajstić information content (AvgIpc) is 2.63. The Bertz CT molecular complexity index is 617. The highest BCUT2D eigenvalue weighted by Gasteiger charge is 2.07. The highest BCUT2D eigenvalue weighted by Crippen LogP contribution is 2.21. The van der Waals surface area contributed by atoms with E-state index in [-0.39, 0.29) is 0 Å². The Hall–Kier alpha value is -0.910. The van der Waals surface area contributed by atoms with Gasteiger partial charge in [-0.2, -0.15) is 0 Å². The zero-order chi connectivity index (χ0) is 12.5. The van der Waals surface area contributed by atoms with Gasteiger partial charge in [-0.15, -0.1) is 11.3 Å². The second-order valence-corrected chi connectivity index (χ2v) is 7.39. The lowest BCUT2D eigenvalue weighted by Crippen LogP contribution is -1.97. The minimum atomic E-state index is -3.12. The largest absolute Gasteiger partial charge is 0.233 e. The molecule has 0 aliphatic carbocycles. The van der Waals surface area contributed by atoms with Gasteiger partial charge in [0.1, 0.15) is 0 Å². The summed E-state index contributed by atoms with van der Waals surface area (Å²) in [6.07, 6.45) is 3.65. The van der Waals surface area contributed by atoms with Crippen molar-refractivity contribution in [2.75, 3.05) is 6.26 Å². The molecule has 0 aliphatic heterocycles. The topological polar surface area (TPSA) is 47.0 Å². The summed E-state index contributed by atoms with van der Waals surface area (Å²) >= 11 is 7.17. The van der Waals surface area contributed by atoms with Crippen molar-refractivity contribution in [3.8, 4) is 0 Å². The maximum Gasteiger partial charge on any atom is 0.183 e. The lowest BCUT2D eigenvalue weighted by atomic mass is 10.1. The van der Waals surface area contributed by atoms with Crippen LogP contribution < -0.4 is 0 Å². The molecule has 0 N–H and O–H groups in total. The molecule has 17 heavy (non-hydrogen) atoms. The SMILES string of the molecule is CS(=O)(=O)c1ccc(Cc2cnc(Cl)s2)cc1. The number of thiazole rings is 1. The molecule has 0 atom stereocenters. The molecule has 0 saturated heterocycles. The highest BCUT2D eigenvalue weighted by atomic mass is 35.5. The molecule has 0 unspecified atom stereocenters. The fraction of sp³-hybridized carbons (Fsp3) is 0.182. The molecule has 90 valence electrons. The van der Waals surface area contributed by atoms with Gasteiger partial charge in [0.2, 0.25) is 0 Å². The minimum absolute atomic E-state index is 0.337. The van der Waals surface area contributed by atoms with Gasteiger partial charge in [0.15, 0.2) is 14.3 Å². The van der Waals surface area contributed by atoms with Crippen molar-refractivity contribution < 1.29 is 8.42 Å². The third kappa shape index (κ3) is 3.28. The summed E-state index contributed by atoms with van der Waals surface area (Å²) in [6.45, 7) is 0. The molecular weight excluding hydrogens is 278 g/mol. The number of aromatic nitrogens is 1. The van der Waals surface area contributed by atoms with Gasteiger partial charge in [0, 0.05) is 23.8 Å². The van der Waals surface area contributed by atoms with Crippen LogP contribution in [0.3, 0.4) is 0 Å². The predicted molar refractivity (Wildman–Crippen MR) is 69.5 cm³/mol. The zero-order valence-corrected chi connectivity index (χ0v) is 11.4. The van der Waals surface area contributed by atoms with E-state index in [0.29, 0.717) is 15.8 Å². The summed E-state index contributed by atoms with van der Waals surface area (Å²) < 4.78 is 23.1. The van der Waals surface area contributed by atoms with Crippen LogP contribution in [0.5, 0.6) is 0 Å². The normalized spacial score (nSPS) is 11.6. The molecular formula is C11H10ClNO2S2. The third-order valence-corrected chi connectivity index (χ3v) is 4.50. The van der Waals surface area contributed by atoms with E-state index in [1.165, 1.54) is 17.6 Å². The fourth-order valence-corrected chi connectivity index (χ4v) is 3.06. The first-order valence-electron chi connectivity index (χ1n) is 4.84. The van der Waals surface area contributed by atoms with Gasteiger partial charge in [0.25, 0.3) is 0 Å². The number of sulfone groups is 1. The van der Waals surface area contributed by atoms with E-state index in [2.05, 4.69) is 4.98 Å². The summed E-state index contributed by atoms with van der Waals surface area (Å²) in [4.78, 5) is 5.35. The van der Waals surface area contributed by atoms with Crippen LogP contribution in [-0.2, 0) is 16.3 Å². The number of halogens is 1. The molecule has 0 amide bonds. The van der Waals surface area contributed by atoms with Gasteiger partial charge in [-0.3, -0.25) is 0 Å². The van der Waals surface area contributed by atoms with Crippen molar-refractivity contribution in [3.63, 3.8) is 0 Å². The lowest BCUT2D eigenvalue weighted by molar-refractivity contribution is 0.602. The van der Waals surface area contributed by atoms with Crippen molar-refractivity contribution in [2.24, 2.45) is 0 Å². The Labute approximate surface area is 109 Å². The quantitative estimate of drug-likeness (QED) is 0.872. The molecule has 0 fully saturated rings. The first kappa shape index (κ1) is 12.5. The number of hydrogen-bond acceptors (Lipinski definition) is 4. The van der Waals surface area contributed by atoms with Crippen LogP contribution >= 0.6 is 22.9 Å². The van der Waals surface area contributed by atoms with Gasteiger partial charge in [-0.25, -0.2) is 13.4 Å². The van der Waals surface area contributed by atoms with Crippen LogP contribution in [0.2, 0.25) is 4.47 Å². The van der Waals surface area contributed by atoms with E-state index in [4.69, 9.17) is 11.6 Å². The molecule has 0 spiro atoms. The summed E-state index contributed by atoms with van der Waals surface area (Å²) in [5.41, 5.74) is 1.04. The van der Waals surface area contributed by atoms with Crippen LogP contribution in [0, 0.1) is 0 Å². The molecule has 1 heterocycles. The highest BCUT2D eigenvalue weighted by molar-refractivity contribution is 7.90. The number of benzene rings is 1. The standard InChI is InChI=1S/C11H10ClNO2S2/c1-17(14,15)10-4-2-8(3-5-10)6-9-7-13-11(12)16-9/h2-5,7H,6H2,1H3. The lowest BCUT2D eigenvalue weighted by Gasteiger charge is -2.01. The van der Waals surface area contributed by atoms with Crippen LogP contribution in [0.25, 0.3) is 0 Å². The van der Waals surface area contributed by atoms with Gasteiger partial charge in [0.05, 0.1) is 4.90 Å². The molecule has 0 saturated carbocycles. The maximum atomic E-state index is 11.3. The van der Waals surface area contributed by atoms with E-state index < -0.39 is 9.84 Å². The van der Waals surface area contributed by atoms with E-state index in [1.54, 1.807) is 18.3 Å². The average molecular weight is 288 g/mol. The Morgan fingerprint density at radius 3 is 2.41 bits per heavy atom. The third-order valence-electron chi connectivity index (χ3n) is 2.26. The fourth-order valence-electron chi connectivity index (χ4n) is 1.42. The van der Waals surface area contributed by atoms with Crippen LogP contribution in [0.4, 0.5) is 0 Å². The number of nitrogens with zero attached hydrogens (tertiary/aromatic N) is 1. The summed E-state index contributed by atoms with van der Waals surface area (Å²) in [6, 6.07) is 6.86. The maximum absolute atomic E-state index is 11.3. The molecule has 1 aromatic heterocycles. The summed E-state index contributed by atoms with van der Waals surface area (Å²) in [5, 5.41) is 0. The Morgan fingerprint density at radius 2 is 1.94 bits per heavy atom. The number of rotatable bonds is 3. The van der Waals surface area contributed by atoms with Crippen molar-refractivity contribution in [1.82, 2.24) is 4.98 Å². The van der Waals surface area contributed by atoms with Gasteiger partial charge in [-0.05, 0) is 17.7 Å². The molecule has 2 rings (SSSR count). The Balaban J connectivity index is 2.19. The van der Waals surface area contributed by atoms with Crippen molar-refractivity contribution in [1.29, 1.82) is 0 Å². The smallest absolute Gasteiger partial charge is 0.183 e. The molecule has 1 aromatic carbocycles. The van der Waals surface area contributed by atoms with Crippen molar-refractivity contribution in [2.45, 2.75) is 11.3 Å².